The molecule has 1 aromatic rings. The Balaban J connectivity index is 2.18. The van der Waals surface area contributed by atoms with Crippen molar-refractivity contribution in [2.75, 3.05) is 7.11 Å². The monoisotopic (exact) mass is 328 g/mol. The molecule has 0 saturated heterocycles. The SMILES string of the molecule is COC(=O)CCCC1(c2cc(Cl)cc(Cl)c2)CCCCC1. The van der Waals surface area contributed by atoms with E-state index >= 15 is 0 Å². The predicted octanol–water partition coefficient (Wildman–Crippen LogP) is 5.54. The van der Waals surface area contributed by atoms with Crippen LogP contribution in [0, 0.1) is 0 Å². The maximum Gasteiger partial charge on any atom is 0.305 e. The van der Waals surface area contributed by atoms with Crippen LogP contribution in [0.15, 0.2) is 18.2 Å². The number of hydrogen-bond donors (Lipinski definition) is 0. The number of esters is 1. The van der Waals surface area contributed by atoms with Gasteiger partial charge in [-0.1, -0.05) is 42.5 Å². The van der Waals surface area contributed by atoms with Crippen LogP contribution in [0.3, 0.4) is 0 Å². The van der Waals surface area contributed by atoms with Crippen LogP contribution in [-0.2, 0) is 14.9 Å². The minimum absolute atomic E-state index is 0.112. The third-order valence-electron chi connectivity index (χ3n) is 4.55. The van der Waals surface area contributed by atoms with Crippen LogP contribution in [0.4, 0.5) is 0 Å². The van der Waals surface area contributed by atoms with Gasteiger partial charge < -0.3 is 4.74 Å². The minimum Gasteiger partial charge on any atom is -0.469 e. The summed E-state index contributed by atoms with van der Waals surface area (Å²) in [6, 6.07) is 5.85. The average molecular weight is 329 g/mol. The Kier molecular flexibility index (Phi) is 5.95. The highest BCUT2D eigenvalue weighted by molar-refractivity contribution is 6.34. The van der Waals surface area contributed by atoms with Gasteiger partial charge in [0.2, 0.25) is 0 Å². The van der Waals surface area contributed by atoms with Gasteiger partial charge in [0, 0.05) is 16.5 Å². The molecule has 0 unspecified atom stereocenters. The van der Waals surface area contributed by atoms with Gasteiger partial charge in [-0.2, -0.15) is 0 Å². The Labute approximate surface area is 136 Å². The third-order valence-corrected chi connectivity index (χ3v) is 4.99. The second-order valence-electron chi connectivity index (χ2n) is 5.93. The van der Waals surface area contributed by atoms with Crippen LogP contribution in [0.2, 0.25) is 10.0 Å². The molecule has 0 atom stereocenters. The van der Waals surface area contributed by atoms with E-state index in [4.69, 9.17) is 27.9 Å². The molecule has 0 radical (unpaired) electrons. The van der Waals surface area contributed by atoms with E-state index in [0.29, 0.717) is 16.5 Å². The number of carbonyl (C=O) groups is 1. The summed E-state index contributed by atoms with van der Waals surface area (Å²) in [4.78, 5) is 11.3. The van der Waals surface area contributed by atoms with Crippen molar-refractivity contribution in [3.05, 3.63) is 33.8 Å². The van der Waals surface area contributed by atoms with Crippen LogP contribution in [0.1, 0.15) is 56.9 Å². The highest BCUT2D eigenvalue weighted by atomic mass is 35.5. The van der Waals surface area contributed by atoms with Gasteiger partial charge in [0.1, 0.15) is 0 Å². The highest BCUT2D eigenvalue weighted by Crippen LogP contribution is 2.44. The van der Waals surface area contributed by atoms with Crippen molar-refractivity contribution in [3.63, 3.8) is 0 Å². The first-order valence-electron chi connectivity index (χ1n) is 7.59. The van der Waals surface area contributed by atoms with E-state index < -0.39 is 0 Å². The summed E-state index contributed by atoms with van der Waals surface area (Å²) in [7, 11) is 1.44. The quantitative estimate of drug-likeness (QED) is 0.663. The highest BCUT2D eigenvalue weighted by Gasteiger charge is 2.34. The number of methoxy groups -OCH3 is 1. The van der Waals surface area contributed by atoms with Gasteiger partial charge in [0.25, 0.3) is 0 Å². The van der Waals surface area contributed by atoms with Crippen molar-refractivity contribution in [3.8, 4) is 0 Å². The topological polar surface area (TPSA) is 26.3 Å². The maximum absolute atomic E-state index is 11.3. The van der Waals surface area contributed by atoms with Gasteiger partial charge in [0.05, 0.1) is 7.11 Å². The van der Waals surface area contributed by atoms with Gasteiger partial charge in [-0.3, -0.25) is 4.79 Å². The summed E-state index contributed by atoms with van der Waals surface area (Å²) in [5.74, 6) is -0.134. The zero-order valence-corrected chi connectivity index (χ0v) is 14.0. The molecule has 1 aliphatic rings. The van der Waals surface area contributed by atoms with Crippen LogP contribution in [0.5, 0.6) is 0 Å². The summed E-state index contributed by atoms with van der Waals surface area (Å²) in [5, 5.41) is 1.38. The van der Waals surface area contributed by atoms with Crippen molar-refractivity contribution >= 4 is 29.2 Å². The number of rotatable bonds is 5. The second-order valence-corrected chi connectivity index (χ2v) is 6.80. The third kappa shape index (κ3) is 4.37. The molecule has 4 heteroatoms. The lowest BCUT2D eigenvalue weighted by atomic mass is 9.66. The summed E-state index contributed by atoms with van der Waals surface area (Å²) in [5.41, 5.74) is 1.34. The zero-order chi connectivity index (χ0) is 15.3. The van der Waals surface area contributed by atoms with E-state index in [1.807, 2.05) is 12.1 Å². The molecule has 0 amide bonds. The summed E-state index contributed by atoms with van der Waals surface area (Å²) in [6.07, 6.45) is 8.33. The van der Waals surface area contributed by atoms with E-state index in [9.17, 15) is 4.79 Å². The molecule has 21 heavy (non-hydrogen) atoms. The Morgan fingerprint density at radius 1 is 1.14 bits per heavy atom. The smallest absolute Gasteiger partial charge is 0.305 e. The maximum atomic E-state index is 11.3. The van der Waals surface area contributed by atoms with E-state index in [1.54, 1.807) is 6.07 Å². The molecule has 2 nitrogen and oxygen atoms in total. The Morgan fingerprint density at radius 2 is 1.76 bits per heavy atom. The number of hydrogen-bond acceptors (Lipinski definition) is 2. The fourth-order valence-corrected chi connectivity index (χ4v) is 3.97. The number of halogens is 2. The van der Waals surface area contributed by atoms with Gasteiger partial charge in [-0.25, -0.2) is 0 Å². The van der Waals surface area contributed by atoms with Crippen molar-refractivity contribution in [1.82, 2.24) is 0 Å². The van der Waals surface area contributed by atoms with Gasteiger partial charge in [-0.15, -0.1) is 0 Å². The average Bonchev–Trinajstić information content (AvgIpc) is 2.47. The summed E-state index contributed by atoms with van der Waals surface area (Å²) in [6.45, 7) is 0. The normalized spacial score (nSPS) is 17.5. The largest absolute Gasteiger partial charge is 0.469 e. The molecule has 0 heterocycles. The molecule has 0 spiro atoms. The standard InChI is InChI=1S/C17H22Cl2O2/c1-21-16(20)6-5-9-17(7-3-2-4-8-17)13-10-14(18)12-15(19)11-13/h10-12H,2-9H2,1H3. The van der Waals surface area contributed by atoms with E-state index in [1.165, 1.54) is 31.9 Å². The number of ether oxygens (including phenoxy) is 1. The molecule has 1 saturated carbocycles. The van der Waals surface area contributed by atoms with Crippen LogP contribution >= 0.6 is 23.2 Å². The molecule has 116 valence electrons. The first kappa shape index (κ1) is 16.6. The Morgan fingerprint density at radius 3 is 2.33 bits per heavy atom. The van der Waals surface area contributed by atoms with Crippen molar-refractivity contribution in [2.24, 2.45) is 0 Å². The van der Waals surface area contributed by atoms with Crippen molar-refractivity contribution < 1.29 is 9.53 Å². The van der Waals surface area contributed by atoms with Gasteiger partial charge in [-0.05, 0) is 54.9 Å². The molecule has 0 bridgehead atoms. The number of benzene rings is 1. The molecule has 1 aromatic carbocycles. The van der Waals surface area contributed by atoms with Gasteiger partial charge in [0.15, 0.2) is 0 Å². The lowest BCUT2D eigenvalue weighted by Gasteiger charge is -2.38. The zero-order valence-electron chi connectivity index (χ0n) is 12.5. The molecule has 1 fully saturated rings. The molecule has 1 aliphatic carbocycles. The molecule has 0 aromatic heterocycles. The van der Waals surface area contributed by atoms with E-state index in [-0.39, 0.29) is 11.4 Å². The molecule has 0 aliphatic heterocycles. The van der Waals surface area contributed by atoms with Crippen molar-refractivity contribution in [1.29, 1.82) is 0 Å². The predicted molar refractivity (Wildman–Crippen MR) is 87.1 cm³/mol. The Hall–Kier alpha value is -0.730. The molecular formula is C17H22Cl2O2. The molecular weight excluding hydrogens is 307 g/mol. The second kappa shape index (κ2) is 7.51. The molecule has 2 rings (SSSR count). The minimum atomic E-state index is -0.134. The summed E-state index contributed by atoms with van der Waals surface area (Å²) < 4.78 is 4.74. The van der Waals surface area contributed by atoms with E-state index in [2.05, 4.69) is 0 Å². The lowest BCUT2D eigenvalue weighted by Crippen LogP contribution is -2.29. The number of carbonyl (C=O) groups excluding carboxylic acids is 1. The first-order valence-corrected chi connectivity index (χ1v) is 8.35. The fourth-order valence-electron chi connectivity index (χ4n) is 3.44. The fraction of sp³-hybridized carbons (Fsp3) is 0.588. The first-order chi connectivity index (χ1) is 10.1. The lowest BCUT2D eigenvalue weighted by molar-refractivity contribution is -0.140. The van der Waals surface area contributed by atoms with Crippen LogP contribution in [0.25, 0.3) is 0 Å². The van der Waals surface area contributed by atoms with E-state index in [0.717, 1.165) is 25.7 Å². The van der Waals surface area contributed by atoms with Crippen LogP contribution < -0.4 is 0 Å². The van der Waals surface area contributed by atoms with Gasteiger partial charge >= 0.3 is 5.97 Å². The Bertz CT molecular complexity index is 473. The summed E-state index contributed by atoms with van der Waals surface area (Å²) >= 11 is 12.4. The van der Waals surface area contributed by atoms with Crippen LogP contribution in [-0.4, -0.2) is 13.1 Å². The molecule has 0 N–H and O–H groups in total. The van der Waals surface area contributed by atoms with Crippen molar-refractivity contribution in [2.45, 2.75) is 56.8 Å².